The summed E-state index contributed by atoms with van der Waals surface area (Å²) in [5.74, 6) is -0.211. The van der Waals surface area contributed by atoms with Gasteiger partial charge in [-0.05, 0) is 36.7 Å². The highest BCUT2D eigenvalue weighted by Gasteiger charge is 2.09. The highest BCUT2D eigenvalue weighted by atomic mass is 79.9. The quantitative estimate of drug-likeness (QED) is 0.870. The van der Waals surface area contributed by atoms with Crippen molar-refractivity contribution in [2.75, 3.05) is 20.3 Å². The lowest BCUT2D eigenvalue weighted by Gasteiger charge is -2.17. The molecule has 0 heterocycles. The van der Waals surface area contributed by atoms with Gasteiger partial charge in [0.25, 0.3) is 0 Å². The molecule has 1 aromatic rings. The van der Waals surface area contributed by atoms with Crippen LogP contribution in [0.1, 0.15) is 12.5 Å². The Hall–Kier alpha value is -0.450. The highest BCUT2D eigenvalue weighted by Crippen LogP contribution is 2.16. The fourth-order valence-corrected chi connectivity index (χ4v) is 2.21. The first kappa shape index (κ1) is 13.6. The summed E-state index contributed by atoms with van der Waals surface area (Å²) >= 11 is 3.29. The maximum absolute atomic E-state index is 13.2. The van der Waals surface area contributed by atoms with E-state index < -0.39 is 0 Å². The van der Waals surface area contributed by atoms with Gasteiger partial charge < -0.3 is 10.1 Å². The number of rotatable bonds is 6. The van der Waals surface area contributed by atoms with Crippen molar-refractivity contribution in [3.8, 4) is 0 Å². The van der Waals surface area contributed by atoms with Crippen molar-refractivity contribution >= 4 is 15.9 Å². The van der Waals surface area contributed by atoms with E-state index in [0.717, 1.165) is 23.0 Å². The molecule has 0 saturated carbocycles. The van der Waals surface area contributed by atoms with Crippen LogP contribution < -0.4 is 5.32 Å². The predicted molar refractivity (Wildman–Crippen MR) is 67.1 cm³/mol. The van der Waals surface area contributed by atoms with Crippen LogP contribution in [0.2, 0.25) is 0 Å². The average Bonchev–Trinajstić information content (AvgIpc) is 2.16. The number of halogens is 2. The molecule has 1 unspecified atom stereocenters. The molecule has 0 aliphatic carbocycles. The van der Waals surface area contributed by atoms with Gasteiger partial charge in [0, 0.05) is 17.6 Å². The van der Waals surface area contributed by atoms with E-state index in [9.17, 15) is 4.39 Å². The monoisotopic (exact) mass is 289 g/mol. The normalized spacial score (nSPS) is 12.8. The van der Waals surface area contributed by atoms with Crippen LogP contribution in [0.4, 0.5) is 4.39 Å². The Labute approximate surface area is 104 Å². The molecule has 2 nitrogen and oxygen atoms in total. The molecule has 1 aromatic carbocycles. The Kier molecular flexibility index (Phi) is 5.95. The fraction of sp³-hybridized carbons (Fsp3) is 0.500. The molecule has 0 radical (unpaired) electrons. The van der Waals surface area contributed by atoms with Gasteiger partial charge in [0.15, 0.2) is 0 Å². The van der Waals surface area contributed by atoms with Gasteiger partial charge in [-0.2, -0.15) is 0 Å². The van der Waals surface area contributed by atoms with Gasteiger partial charge >= 0.3 is 0 Å². The number of nitrogens with one attached hydrogen (secondary N) is 1. The first-order chi connectivity index (χ1) is 7.65. The zero-order chi connectivity index (χ0) is 12.0. The van der Waals surface area contributed by atoms with Crippen molar-refractivity contribution in [1.29, 1.82) is 0 Å². The van der Waals surface area contributed by atoms with E-state index >= 15 is 0 Å². The van der Waals surface area contributed by atoms with E-state index in [4.69, 9.17) is 4.74 Å². The summed E-state index contributed by atoms with van der Waals surface area (Å²) in [6.45, 7) is 3.55. The molecule has 16 heavy (non-hydrogen) atoms. The summed E-state index contributed by atoms with van der Waals surface area (Å²) in [6.07, 6.45) is 0.762. The lowest BCUT2D eigenvalue weighted by molar-refractivity contribution is 0.167. The lowest BCUT2D eigenvalue weighted by Crippen LogP contribution is -2.35. The van der Waals surface area contributed by atoms with Crippen molar-refractivity contribution in [3.63, 3.8) is 0 Å². The van der Waals surface area contributed by atoms with Crippen LogP contribution in [0.5, 0.6) is 0 Å². The maximum Gasteiger partial charge on any atom is 0.124 e. The number of likely N-dealkylation sites (N-methyl/N-ethyl adjacent to an activating group) is 1. The number of hydrogen-bond donors (Lipinski definition) is 1. The summed E-state index contributed by atoms with van der Waals surface area (Å²) in [7, 11) is 1.67. The van der Waals surface area contributed by atoms with Crippen LogP contribution in [-0.2, 0) is 11.2 Å². The Balaban J connectivity index is 2.68. The average molecular weight is 290 g/mol. The van der Waals surface area contributed by atoms with Gasteiger partial charge in [-0.25, -0.2) is 4.39 Å². The van der Waals surface area contributed by atoms with Crippen LogP contribution >= 0.6 is 15.9 Å². The molecule has 0 saturated heterocycles. The molecule has 0 amide bonds. The molecule has 4 heteroatoms. The van der Waals surface area contributed by atoms with Crippen molar-refractivity contribution < 1.29 is 9.13 Å². The number of hydrogen-bond acceptors (Lipinski definition) is 2. The molecule has 0 aliphatic rings. The summed E-state index contributed by atoms with van der Waals surface area (Å²) in [5, 5.41) is 3.31. The third kappa shape index (κ3) is 4.60. The fourth-order valence-electron chi connectivity index (χ4n) is 1.69. The molecular formula is C12H17BrFNO. The SMILES string of the molecule is CCNC(COC)Cc1cc(F)cc(Br)c1. The topological polar surface area (TPSA) is 21.3 Å². The first-order valence-electron chi connectivity index (χ1n) is 5.33. The maximum atomic E-state index is 13.2. The van der Waals surface area contributed by atoms with Crippen LogP contribution in [-0.4, -0.2) is 26.3 Å². The molecular weight excluding hydrogens is 273 g/mol. The number of methoxy groups -OCH3 is 1. The second-order valence-electron chi connectivity index (χ2n) is 3.69. The van der Waals surface area contributed by atoms with Crippen LogP contribution in [0.15, 0.2) is 22.7 Å². The third-order valence-electron chi connectivity index (χ3n) is 2.27. The Bertz CT molecular complexity index is 307. The van der Waals surface area contributed by atoms with E-state index in [1.807, 2.05) is 13.0 Å². The molecule has 1 rings (SSSR count). The minimum atomic E-state index is -0.211. The zero-order valence-electron chi connectivity index (χ0n) is 9.59. The van der Waals surface area contributed by atoms with Gasteiger partial charge in [-0.1, -0.05) is 22.9 Å². The lowest BCUT2D eigenvalue weighted by atomic mass is 10.1. The van der Waals surface area contributed by atoms with Crippen LogP contribution in [0.3, 0.4) is 0 Å². The molecule has 0 aromatic heterocycles. The highest BCUT2D eigenvalue weighted by molar-refractivity contribution is 9.10. The summed E-state index contributed by atoms with van der Waals surface area (Å²) in [6, 6.07) is 5.18. The Morgan fingerprint density at radius 1 is 1.44 bits per heavy atom. The van der Waals surface area contributed by atoms with Crippen LogP contribution in [0.25, 0.3) is 0 Å². The number of benzene rings is 1. The van der Waals surface area contributed by atoms with Crippen molar-refractivity contribution in [2.45, 2.75) is 19.4 Å². The van der Waals surface area contributed by atoms with E-state index in [1.54, 1.807) is 13.2 Å². The van der Waals surface area contributed by atoms with Gasteiger partial charge in [0.1, 0.15) is 5.82 Å². The molecule has 0 spiro atoms. The predicted octanol–water partition coefficient (Wildman–Crippen LogP) is 2.76. The van der Waals surface area contributed by atoms with Gasteiger partial charge in [0.2, 0.25) is 0 Å². The smallest absolute Gasteiger partial charge is 0.124 e. The molecule has 0 bridgehead atoms. The molecule has 0 fully saturated rings. The molecule has 1 N–H and O–H groups in total. The molecule has 90 valence electrons. The van der Waals surface area contributed by atoms with E-state index in [2.05, 4.69) is 21.2 Å². The van der Waals surface area contributed by atoms with E-state index in [1.165, 1.54) is 6.07 Å². The van der Waals surface area contributed by atoms with Gasteiger partial charge in [0.05, 0.1) is 6.61 Å². The molecule has 0 aliphatic heterocycles. The zero-order valence-corrected chi connectivity index (χ0v) is 11.2. The van der Waals surface area contributed by atoms with Crippen LogP contribution in [0, 0.1) is 5.82 Å². The van der Waals surface area contributed by atoms with Crippen molar-refractivity contribution in [2.24, 2.45) is 0 Å². The summed E-state index contributed by atoms with van der Waals surface area (Å²) in [4.78, 5) is 0. The molecule has 1 atom stereocenters. The summed E-state index contributed by atoms with van der Waals surface area (Å²) in [5.41, 5.74) is 0.967. The Morgan fingerprint density at radius 2 is 2.19 bits per heavy atom. The summed E-state index contributed by atoms with van der Waals surface area (Å²) < 4.78 is 19.1. The number of ether oxygens (including phenoxy) is 1. The Morgan fingerprint density at radius 3 is 2.75 bits per heavy atom. The second kappa shape index (κ2) is 6.99. The van der Waals surface area contributed by atoms with Gasteiger partial charge in [-0.15, -0.1) is 0 Å². The van der Waals surface area contributed by atoms with Crippen molar-refractivity contribution in [1.82, 2.24) is 5.32 Å². The minimum absolute atomic E-state index is 0.211. The van der Waals surface area contributed by atoms with Crippen molar-refractivity contribution in [3.05, 3.63) is 34.1 Å². The van der Waals surface area contributed by atoms with Gasteiger partial charge in [-0.3, -0.25) is 0 Å². The van der Waals surface area contributed by atoms with E-state index in [0.29, 0.717) is 6.61 Å². The standard InChI is InChI=1S/C12H17BrFNO/c1-3-15-12(8-16-2)6-9-4-10(13)7-11(14)5-9/h4-5,7,12,15H,3,6,8H2,1-2H3. The third-order valence-corrected chi connectivity index (χ3v) is 2.72. The second-order valence-corrected chi connectivity index (χ2v) is 4.61. The van der Waals surface area contributed by atoms with E-state index in [-0.39, 0.29) is 11.9 Å². The minimum Gasteiger partial charge on any atom is -0.383 e. The largest absolute Gasteiger partial charge is 0.383 e. The first-order valence-corrected chi connectivity index (χ1v) is 6.12.